The summed E-state index contributed by atoms with van der Waals surface area (Å²) in [7, 11) is 0. The lowest BCUT2D eigenvalue weighted by Gasteiger charge is -2.23. The van der Waals surface area contributed by atoms with Crippen LogP contribution >= 0.6 is 27.5 Å². The fraction of sp³-hybridized carbons (Fsp3) is 0.625. The largest absolute Gasteiger partial charge is 0.310 e. The maximum Gasteiger partial charge on any atom is 0.0548 e. The van der Waals surface area contributed by atoms with Crippen molar-refractivity contribution in [3.8, 4) is 0 Å². The van der Waals surface area contributed by atoms with Crippen molar-refractivity contribution in [1.29, 1.82) is 0 Å². The topological polar surface area (TPSA) is 12.0 Å². The highest BCUT2D eigenvalue weighted by atomic mass is 79.9. The first-order valence-corrected chi connectivity index (χ1v) is 8.43. The van der Waals surface area contributed by atoms with E-state index in [1.807, 2.05) is 6.07 Å². The standard InChI is InChI=1S/C16H25BrClN/c1-4-6-12(3)10-16(19-9-5-2)13-7-8-15(18)14(17)11-13/h7-8,11-12,16,19H,4-6,9-10H2,1-3H3. The van der Waals surface area contributed by atoms with E-state index < -0.39 is 0 Å². The van der Waals surface area contributed by atoms with Crippen molar-refractivity contribution < 1.29 is 0 Å². The van der Waals surface area contributed by atoms with E-state index in [2.05, 4.69) is 54.2 Å². The van der Waals surface area contributed by atoms with Gasteiger partial charge in [0.15, 0.2) is 0 Å². The predicted octanol–water partition coefficient (Wildman–Crippen LogP) is 5.97. The van der Waals surface area contributed by atoms with E-state index in [0.717, 1.165) is 28.4 Å². The third-order valence-corrected chi connectivity index (χ3v) is 4.62. The Morgan fingerprint density at radius 1 is 1.26 bits per heavy atom. The summed E-state index contributed by atoms with van der Waals surface area (Å²) in [5.41, 5.74) is 1.33. The second-order valence-corrected chi connectivity index (χ2v) is 6.57. The van der Waals surface area contributed by atoms with Crippen LogP contribution in [-0.2, 0) is 0 Å². The Morgan fingerprint density at radius 3 is 2.58 bits per heavy atom. The summed E-state index contributed by atoms with van der Waals surface area (Å²) >= 11 is 9.60. The van der Waals surface area contributed by atoms with E-state index in [9.17, 15) is 0 Å². The van der Waals surface area contributed by atoms with Crippen molar-refractivity contribution in [2.45, 2.75) is 52.5 Å². The lowest BCUT2D eigenvalue weighted by molar-refractivity contribution is 0.390. The quantitative estimate of drug-likeness (QED) is 0.611. The van der Waals surface area contributed by atoms with E-state index in [1.165, 1.54) is 24.8 Å². The zero-order chi connectivity index (χ0) is 14.3. The van der Waals surface area contributed by atoms with Crippen LogP contribution in [0.3, 0.4) is 0 Å². The van der Waals surface area contributed by atoms with Crippen LogP contribution in [0.4, 0.5) is 0 Å². The number of halogens is 2. The monoisotopic (exact) mass is 345 g/mol. The van der Waals surface area contributed by atoms with Crippen molar-refractivity contribution in [3.05, 3.63) is 33.3 Å². The van der Waals surface area contributed by atoms with Gasteiger partial charge >= 0.3 is 0 Å². The van der Waals surface area contributed by atoms with Crippen molar-refractivity contribution in [2.24, 2.45) is 5.92 Å². The molecule has 2 atom stereocenters. The van der Waals surface area contributed by atoms with Crippen LogP contribution in [0.2, 0.25) is 5.02 Å². The van der Waals surface area contributed by atoms with E-state index >= 15 is 0 Å². The molecule has 0 aliphatic rings. The molecule has 0 aromatic heterocycles. The molecule has 2 unspecified atom stereocenters. The highest BCUT2D eigenvalue weighted by Gasteiger charge is 2.15. The maximum atomic E-state index is 6.08. The van der Waals surface area contributed by atoms with Gasteiger partial charge in [-0.05, 0) is 58.9 Å². The van der Waals surface area contributed by atoms with Gasteiger partial charge in [0.25, 0.3) is 0 Å². The first-order chi connectivity index (χ1) is 9.08. The lowest BCUT2D eigenvalue weighted by atomic mass is 9.93. The molecule has 1 aromatic rings. The molecule has 19 heavy (non-hydrogen) atoms. The zero-order valence-electron chi connectivity index (χ0n) is 12.2. The van der Waals surface area contributed by atoms with Crippen LogP contribution in [0, 0.1) is 5.92 Å². The SMILES string of the molecule is CCCNC(CC(C)CCC)c1ccc(Cl)c(Br)c1. The molecule has 0 heterocycles. The molecule has 1 nitrogen and oxygen atoms in total. The molecule has 1 rings (SSSR count). The molecule has 0 fully saturated rings. The zero-order valence-corrected chi connectivity index (χ0v) is 14.5. The minimum atomic E-state index is 0.426. The van der Waals surface area contributed by atoms with Crippen LogP contribution in [0.1, 0.15) is 58.1 Å². The van der Waals surface area contributed by atoms with E-state index in [0.29, 0.717) is 6.04 Å². The summed E-state index contributed by atoms with van der Waals surface area (Å²) < 4.78 is 0.984. The number of benzene rings is 1. The van der Waals surface area contributed by atoms with E-state index in [4.69, 9.17) is 11.6 Å². The Hall–Kier alpha value is -0.0500. The van der Waals surface area contributed by atoms with Crippen LogP contribution in [0.5, 0.6) is 0 Å². The molecule has 0 saturated heterocycles. The Morgan fingerprint density at radius 2 is 2.00 bits per heavy atom. The fourth-order valence-corrected chi connectivity index (χ4v) is 2.91. The molecular formula is C16H25BrClN. The predicted molar refractivity (Wildman–Crippen MR) is 88.9 cm³/mol. The first kappa shape index (κ1) is 17.0. The Bertz CT molecular complexity index is 381. The van der Waals surface area contributed by atoms with Gasteiger partial charge in [-0.15, -0.1) is 0 Å². The van der Waals surface area contributed by atoms with E-state index in [1.54, 1.807) is 0 Å². The smallest absolute Gasteiger partial charge is 0.0548 e. The van der Waals surface area contributed by atoms with Crippen molar-refractivity contribution in [2.75, 3.05) is 6.54 Å². The first-order valence-electron chi connectivity index (χ1n) is 7.26. The molecule has 1 aromatic carbocycles. The fourth-order valence-electron chi connectivity index (χ4n) is 2.40. The lowest BCUT2D eigenvalue weighted by Crippen LogP contribution is -2.24. The maximum absolute atomic E-state index is 6.08. The molecule has 0 spiro atoms. The summed E-state index contributed by atoms with van der Waals surface area (Å²) in [5, 5.41) is 4.44. The molecule has 0 aliphatic carbocycles. The van der Waals surface area contributed by atoms with Gasteiger partial charge in [0.2, 0.25) is 0 Å². The third-order valence-electron chi connectivity index (χ3n) is 3.41. The van der Waals surface area contributed by atoms with Crippen LogP contribution in [0.25, 0.3) is 0 Å². The minimum absolute atomic E-state index is 0.426. The van der Waals surface area contributed by atoms with Gasteiger partial charge in [-0.1, -0.05) is 51.3 Å². The average Bonchev–Trinajstić information content (AvgIpc) is 2.38. The summed E-state index contributed by atoms with van der Waals surface area (Å²) in [4.78, 5) is 0. The molecule has 0 bridgehead atoms. The van der Waals surface area contributed by atoms with Crippen LogP contribution < -0.4 is 5.32 Å². The Kier molecular flexibility index (Phi) is 8.05. The van der Waals surface area contributed by atoms with Crippen LogP contribution in [-0.4, -0.2) is 6.54 Å². The molecule has 0 aliphatic heterocycles. The molecule has 1 N–H and O–H groups in total. The number of nitrogens with one attached hydrogen (secondary N) is 1. The summed E-state index contributed by atoms with van der Waals surface area (Å²) in [5.74, 6) is 0.744. The number of hydrogen-bond acceptors (Lipinski definition) is 1. The second-order valence-electron chi connectivity index (χ2n) is 5.31. The van der Waals surface area contributed by atoms with Gasteiger partial charge in [0.05, 0.1) is 5.02 Å². The Balaban J connectivity index is 2.79. The van der Waals surface area contributed by atoms with E-state index in [-0.39, 0.29) is 0 Å². The molecule has 108 valence electrons. The van der Waals surface area contributed by atoms with Gasteiger partial charge in [-0.3, -0.25) is 0 Å². The third kappa shape index (κ3) is 5.85. The van der Waals surface area contributed by atoms with Crippen LogP contribution in [0.15, 0.2) is 22.7 Å². The van der Waals surface area contributed by atoms with Gasteiger partial charge in [-0.2, -0.15) is 0 Å². The molecular weight excluding hydrogens is 322 g/mol. The van der Waals surface area contributed by atoms with Gasteiger partial charge in [0, 0.05) is 10.5 Å². The highest BCUT2D eigenvalue weighted by molar-refractivity contribution is 9.10. The Labute approximate surface area is 131 Å². The summed E-state index contributed by atoms with van der Waals surface area (Å²) in [6, 6.07) is 6.69. The van der Waals surface area contributed by atoms with Crippen molar-refractivity contribution in [3.63, 3.8) is 0 Å². The number of hydrogen-bond donors (Lipinski definition) is 1. The van der Waals surface area contributed by atoms with Crippen molar-refractivity contribution >= 4 is 27.5 Å². The van der Waals surface area contributed by atoms with Gasteiger partial charge < -0.3 is 5.32 Å². The van der Waals surface area contributed by atoms with Gasteiger partial charge in [0.1, 0.15) is 0 Å². The van der Waals surface area contributed by atoms with Gasteiger partial charge in [-0.25, -0.2) is 0 Å². The minimum Gasteiger partial charge on any atom is -0.310 e. The normalized spacial score (nSPS) is 14.4. The molecule has 0 amide bonds. The highest BCUT2D eigenvalue weighted by Crippen LogP contribution is 2.29. The summed E-state index contributed by atoms with van der Waals surface area (Å²) in [6.45, 7) is 7.86. The number of rotatable bonds is 8. The molecule has 0 radical (unpaired) electrons. The summed E-state index contributed by atoms with van der Waals surface area (Å²) in [6.07, 6.45) is 4.89. The van der Waals surface area contributed by atoms with Crippen molar-refractivity contribution in [1.82, 2.24) is 5.32 Å². The second kappa shape index (κ2) is 8.99. The molecule has 3 heteroatoms. The molecule has 0 saturated carbocycles. The average molecular weight is 347 g/mol.